The molecule has 1 atom stereocenters. The summed E-state index contributed by atoms with van der Waals surface area (Å²) < 4.78 is 7.44. The minimum Gasteiger partial charge on any atom is -0.496 e. The standard InChI is InChI=1S/C27H28N4O3/c1-34-24-12-11-23(21-8-2-3-9-22(21)24)27(33)31-16-6-7-19(17-31)26(32)28-14-13-20-18-30-15-5-4-10-25(30)29-20/h2-5,8-12,15,18-19H,6-7,13-14,16-17H2,1H3,(H,28,32). The number of aromatic nitrogens is 2. The first-order chi connectivity index (χ1) is 16.6. The molecule has 0 bridgehead atoms. The SMILES string of the molecule is COc1ccc(C(=O)N2CCCC(C(=O)NCCc3cn4ccccc4n3)C2)c2ccccc12. The molecule has 1 fully saturated rings. The number of nitrogens with one attached hydrogen (secondary N) is 1. The number of benzene rings is 2. The van der Waals surface area contributed by atoms with Gasteiger partial charge in [-0.2, -0.15) is 0 Å². The van der Waals surface area contributed by atoms with E-state index in [2.05, 4.69) is 10.3 Å². The van der Waals surface area contributed by atoms with Gasteiger partial charge in [0.2, 0.25) is 5.91 Å². The topological polar surface area (TPSA) is 75.9 Å². The Bertz CT molecular complexity index is 1310. The maximum absolute atomic E-state index is 13.4. The molecule has 174 valence electrons. The van der Waals surface area contributed by atoms with Gasteiger partial charge in [-0.1, -0.05) is 30.3 Å². The smallest absolute Gasteiger partial charge is 0.254 e. The van der Waals surface area contributed by atoms with E-state index in [1.54, 1.807) is 7.11 Å². The second kappa shape index (κ2) is 9.55. The van der Waals surface area contributed by atoms with Gasteiger partial charge in [0.15, 0.2) is 0 Å². The first-order valence-electron chi connectivity index (χ1n) is 11.7. The summed E-state index contributed by atoms with van der Waals surface area (Å²) in [7, 11) is 1.63. The lowest BCUT2D eigenvalue weighted by molar-refractivity contribution is -0.126. The quantitative estimate of drug-likeness (QED) is 0.480. The molecule has 0 radical (unpaired) electrons. The van der Waals surface area contributed by atoms with Crippen molar-refractivity contribution in [3.63, 3.8) is 0 Å². The van der Waals surface area contributed by atoms with Gasteiger partial charge in [0.1, 0.15) is 11.4 Å². The van der Waals surface area contributed by atoms with Gasteiger partial charge in [-0.3, -0.25) is 9.59 Å². The molecule has 0 spiro atoms. The average molecular weight is 457 g/mol. The molecule has 2 aromatic carbocycles. The van der Waals surface area contributed by atoms with Crippen LogP contribution in [0.1, 0.15) is 28.9 Å². The van der Waals surface area contributed by atoms with Crippen LogP contribution >= 0.6 is 0 Å². The third kappa shape index (κ3) is 4.33. The van der Waals surface area contributed by atoms with Gasteiger partial charge in [-0.25, -0.2) is 4.98 Å². The highest BCUT2D eigenvalue weighted by atomic mass is 16.5. The molecule has 1 saturated heterocycles. The van der Waals surface area contributed by atoms with E-state index in [9.17, 15) is 9.59 Å². The van der Waals surface area contributed by atoms with Crippen LogP contribution in [0.25, 0.3) is 16.4 Å². The molecular formula is C27H28N4O3. The van der Waals surface area contributed by atoms with Gasteiger partial charge in [0.05, 0.1) is 18.7 Å². The zero-order chi connectivity index (χ0) is 23.5. The molecule has 1 aliphatic rings. The van der Waals surface area contributed by atoms with Crippen LogP contribution in [0.15, 0.2) is 67.0 Å². The molecule has 0 aliphatic carbocycles. The Labute approximate surface area is 198 Å². The number of amides is 2. The number of imidazole rings is 1. The molecule has 0 saturated carbocycles. The monoisotopic (exact) mass is 456 g/mol. The summed E-state index contributed by atoms with van der Waals surface area (Å²) in [5.74, 6) is 0.499. The van der Waals surface area contributed by atoms with E-state index in [1.807, 2.05) is 76.3 Å². The van der Waals surface area contributed by atoms with Crippen LogP contribution in [0, 0.1) is 5.92 Å². The Morgan fingerprint density at radius 1 is 1.09 bits per heavy atom. The fourth-order valence-corrected chi connectivity index (χ4v) is 4.75. The normalized spacial score (nSPS) is 16.0. The predicted octanol–water partition coefficient (Wildman–Crippen LogP) is 3.71. The van der Waals surface area contributed by atoms with Gasteiger partial charge in [-0.15, -0.1) is 0 Å². The minimum absolute atomic E-state index is 0.000790. The van der Waals surface area contributed by atoms with Crippen molar-refractivity contribution in [3.8, 4) is 5.75 Å². The Balaban J connectivity index is 1.22. The molecule has 34 heavy (non-hydrogen) atoms. The number of pyridine rings is 1. The molecule has 7 nitrogen and oxygen atoms in total. The molecule has 2 aromatic heterocycles. The minimum atomic E-state index is -0.205. The van der Waals surface area contributed by atoms with Crippen molar-refractivity contribution in [1.29, 1.82) is 0 Å². The number of hydrogen-bond donors (Lipinski definition) is 1. The van der Waals surface area contributed by atoms with Crippen molar-refractivity contribution in [2.75, 3.05) is 26.7 Å². The maximum atomic E-state index is 13.4. The second-order valence-corrected chi connectivity index (χ2v) is 8.69. The molecule has 3 heterocycles. The Morgan fingerprint density at radius 3 is 2.74 bits per heavy atom. The first kappa shape index (κ1) is 21.9. The van der Waals surface area contributed by atoms with Crippen LogP contribution in [-0.2, 0) is 11.2 Å². The number of rotatable bonds is 6. The van der Waals surface area contributed by atoms with E-state index in [-0.39, 0.29) is 17.7 Å². The third-order valence-electron chi connectivity index (χ3n) is 6.51. The number of methoxy groups -OCH3 is 1. The zero-order valence-corrected chi connectivity index (χ0v) is 19.2. The van der Waals surface area contributed by atoms with Crippen molar-refractivity contribution < 1.29 is 14.3 Å². The Morgan fingerprint density at radius 2 is 1.91 bits per heavy atom. The van der Waals surface area contributed by atoms with Crippen molar-refractivity contribution in [2.45, 2.75) is 19.3 Å². The number of carbonyl (C=O) groups excluding carboxylic acids is 2. The lowest BCUT2D eigenvalue weighted by atomic mass is 9.95. The van der Waals surface area contributed by atoms with E-state index >= 15 is 0 Å². The fraction of sp³-hybridized carbons (Fsp3) is 0.296. The largest absolute Gasteiger partial charge is 0.496 e. The van der Waals surface area contributed by atoms with Crippen LogP contribution in [0.4, 0.5) is 0 Å². The summed E-state index contributed by atoms with van der Waals surface area (Å²) >= 11 is 0. The number of likely N-dealkylation sites (tertiary alicyclic amines) is 1. The van der Waals surface area contributed by atoms with Crippen LogP contribution < -0.4 is 10.1 Å². The van der Waals surface area contributed by atoms with E-state index in [4.69, 9.17) is 4.74 Å². The number of fused-ring (bicyclic) bond motifs is 2. The van der Waals surface area contributed by atoms with E-state index in [0.29, 0.717) is 31.6 Å². The highest BCUT2D eigenvalue weighted by molar-refractivity contribution is 6.08. The molecule has 1 unspecified atom stereocenters. The Kier molecular flexibility index (Phi) is 6.16. The second-order valence-electron chi connectivity index (χ2n) is 8.69. The highest BCUT2D eigenvalue weighted by Gasteiger charge is 2.29. The van der Waals surface area contributed by atoms with Crippen LogP contribution in [0.3, 0.4) is 0 Å². The fourth-order valence-electron chi connectivity index (χ4n) is 4.75. The summed E-state index contributed by atoms with van der Waals surface area (Å²) in [5.41, 5.74) is 2.49. The van der Waals surface area contributed by atoms with E-state index in [0.717, 1.165) is 40.7 Å². The number of carbonyl (C=O) groups is 2. The number of hydrogen-bond acceptors (Lipinski definition) is 4. The van der Waals surface area contributed by atoms with Crippen LogP contribution in [-0.4, -0.2) is 52.8 Å². The number of piperidine rings is 1. The van der Waals surface area contributed by atoms with Gasteiger partial charge >= 0.3 is 0 Å². The van der Waals surface area contributed by atoms with Crippen molar-refractivity contribution in [3.05, 3.63) is 78.2 Å². The Hall–Kier alpha value is -3.87. The number of nitrogens with zero attached hydrogens (tertiary/aromatic N) is 3. The van der Waals surface area contributed by atoms with Crippen LogP contribution in [0.2, 0.25) is 0 Å². The summed E-state index contributed by atoms with van der Waals surface area (Å²) in [6, 6.07) is 17.3. The first-order valence-corrected chi connectivity index (χ1v) is 11.7. The summed E-state index contributed by atoms with van der Waals surface area (Å²) in [5, 5.41) is 4.82. The maximum Gasteiger partial charge on any atom is 0.254 e. The summed E-state index contributed by atoms with van der Waals surface area (Å²) in [4.78, 5) is 32.7. The zero-order valence-electron chi connectivity index (χ0n) is 19.2. The molecule has 5 rings (SSSR count). The molecule has 7 heteroatoms. The van der Waals surface area contributed by atoms with Crippen molar-refractivity contribution in [2.24, 2.45) is 5.92 Å². The van der Waals surface area contributed by atoms with Gasteiger partial charge in [0.25, 0.3) is 5.91 Å². The van der Waals surface area contributed by atoms with Gasteiger partial charge in [-0.05, 0) is 42.5 Å². The summed E-state index contributed by atoms with van der Waals surface area (Å²) in [6.45, 7) is 1.61. The molecule has 1 aliphatic heterocycles. The van der Waals surface area contributed by atoms with E-state index < -0.39 is 0 Å². The molecule has 1 N–H and O–H groups in total. The average Bonchev–Trinajstić information content (AvgIpc) is 3.30. The predicted molar refractivity (Wildman–Crippen MR) is 131 cm³/mol. The van der Waals surface area contributed by atoms with E-state index in [1.165, 1.54) is 0 Å². The summed E-state index contributed by atoms with van der Waals surface area (Å²) in [6.07, 6.45) is 6.21. The van der Waals surface area contributed by atoms with Crippen molar-refractivity contribution >= 4 is 28.2 Å². The molecular weight excluding hydrogens is 428 g/mol. The highest BCUT2D eigenvalue weighted by Crippen LogP contribution is 2.30. The number of ether oxygens (including phenoxy) is 1. The third-order valence-corrected chi connectivity index (χ3v) is 6.51. The van der Waals surface area contributed by atoms with Gasteiger partial charge < -0.3 is 19.4 Å². The van der Waals surface area contributed by atoms with Gasteiger partial charge in [0, 0.05) is 49.4 Å². The van der Waals surface area contributed by atoms with Crippen LogP contribution in [0.5, 0.6) is 5.75 Å². The lowest BCUT2D eigenvalue weighted by Crippen LogP contribution is -2.45. The molecule has 4 aromatic rings. The lowest BCUT2D eigenvalue weighted by Gasteiger charge is -2.32. The van der Waals surface area contributed by atoms with Crippen molar-refractivity contribution in [1.82, 2.24) is 19.6 Å². The molecule has 2 amide bonds.